The zero-order chi connectivity index (χ0) is 22.0. The Kier molecular flexibility index (Phi) is 21.2. The second-order valence-electron chi connectivity index (χ2n) is 3.85. The third-order valence-electron chi connectivity index (χ3n) is 1.33. The summed E-state index contributed by atoms with van der Waals surface area (Å²) in [5.41, 5.74) is 0. The van der Waals surface area contributed by atoms with E-state index in [1.54, 1.807) is 0 Å². The Morgan fingerprint density at radius 2 is 0.333 bits per heavy atom. The average molecular weight is 498 g/mol. The van der Waals surface area contributed by atoms with Crippen molar-refractivity contribution in [3.8, 4) is 0 Å². The van der Waals surface area contributed by atoms with E-state index in [4.69, 9.17) is 44.0 Å². The van der Waals surface area contributed by atoms with Gasteiger partial charge in [-0.25, -0.2) is 0 Å². The van der Waals surface area contributed by atoms with Crippen molar-refractivity contribution in [2.45, 2.75) is 0 Å². The van der Waals surface area contributed by atoms with E-state index in [1.807, 2.05) is 72.8 Å². The van der Waals surface area contributed by atoms with Crippen LogP contribution in [0.15, 0.2) is 72.8 Å². The Hall–Kier alpha value is 0.0300. The highest BCUT2D eigenvalue weighted by molar-refractivity contribution is 8.06. The molecule has 0 fully saturated rings. The van der Waals surface area contributed by atoms with Crippen molar-refractivity contribution in [1.82, 2.24) is 0 Å². The van der Waals surface area contributed by atoms with Crippen LogP contribution in [0.2, 0.25) is 0 Å². The van der Waals surface area contributed by atoms with Crippen molar-refractivity contribution in [3.05, 3.63) is 72.8 Å². The van der Waals surface area contributed by atoms with E-state index in [1.165, 1.54) is 0 Å². The molecule has 0 bridgehead atoms. The van der Waals surface area contributed by atoms with Crippen molar-refractivity contribution >= 4 is 55.6 Å². The molecule has 0 aliphatic rings. The van der Waals surface area contributed by atoms with Gasteiger partial charge >= 0.3 is 20.2 Å². The molecule has 0 unspecified atom stereocenters. The Morgan fingerprint density at radius 1 is 0.296 bits per heavy atom. The number of rotatable bonds is 0. The lowest BCUT2D eigenvalue weighted by molar-refractivity contribution is 0.361. The topological polar surface area (TPSA) is 182 Å². The Morgan fingerprint density at radius 3 is 0.370 bits per heavy atom. The number of hydrogen-bond donors (Lipinski definition) is 9. The minimum absolute atomic E-state index is 2.00. The zero-order valence-corrected chi connectivity index (χ0v) is 18.7. The first kappa shape index (κ1) is 31.7. The fraction of sp³-hybridized carbons (Fsp3) is 0. The fourth-order valence-electron chi connectivity index (χ4n) is 0.770. The molecule has 9 nitrogen and oxygen atoms in total. The fourth-order valence-corrected chi connectivity index (χ4v) is 0.770. The Bertz CT molecular complexity index is 532. The molecule has 15 heteroatoms. The SMILES string of the molecule is OP(O)(O)=S.OP(O)(O)=S.OP(O)(O)=S.c1ccccc1.c1ccccc1. The van der Waals surface area contributed by atoms with Gasteiger partial charge in [0.05, 0.1) is 0 Å². The summed E-state index contributed by atoms with van der Waals surface area (Å²) in [4.78, 5) is 68.0. The predicted octanol–water partition coefficient (Wildman–Crippen LogP) is 0.937. The van der Waals surface area contributed by atoms with Crippen LogP contribution in [0.3, 0.4) is 0 Å². The summed E-state index contributed by atoms with van der Waals surface area (Å²) in [5.74, 6) is 0. The van der Waals surface area contributed by atoms with Crippen LogP contribution >= 0.6 is 20.2 Å². The smallest absolute Gasteiger partial charge is 0.319 e. The lowest BCUT2D eigenvalue weighted by Gasteiger charge is -1.88. The minimum atomic E-state index is -3.81. The molecular formula is C12H21O9P3S3. The maximum atomic E-state index is 7.56. The van der Waals surface area contributed by atoms with Gasteiger partial charge in [0.1, 0.15) is 0 Å². The van der Waals surface area contributed by atoms with Crippen LogP contribution in [0.25, 0.3) is 0 Å². The van der Waals surface area contributed by atoms with Gasteiger partial charge in [-0.2, -0.15) is 0 Å². The molecule has 27 heavy (non-hydrogen) atoms. The maximum Gasteiger partial charge on any atom is 0.319 e. The summed E-state index contributed by atoms with van der Waals surface area (Å²) in [6.07, 6.45) is 0. The number of hydrogen-bond acceptors (Lipinski definition) is 3. The molecule has 9 N–H and O–H groups in total. The van der Waals surface area contributed by atoms with Crippen LogP contribution in [0.4, 0.5) is 0 Å². The third kappa shape index (κ3) is 104. The van der Waals surface area contributed by atoms with Gasteiger partial charge in [0.2, 0.25) is 0 Å². The van der Waals surface area contributed by atoms with E-state index in [0.29, 0.717) is 0 Å². The maximum absolute atomic E-state index is 7.56. The lowest BCUT2D eigenvalue weighted by Crippen LogP contribution is -1.65. The van der Waals surface area contributed by atoms with Gasteiger partial charge in [-0.3, -0.25) is 0 Å². The van der Waals surface area contributed by atoms with Gasteiger partial charge in [-0.1, -0.05) is 72.8 Å². The third-order valence-corrected chi connectivity index (χ3v) is 1.33. The highest BCUT2D eigenvalue weighted by Crippen LogP contribution is 2.27. The summed E-state index contributed by atoms with van der Waals surface area (Å²) >= 11 is 10.8. The van der Waals surface area contributed by atoms with Crippen molar-refractivity contribution < 1.29 is 44.0 Å². The molecule has 0 spiro atoms. The van der Waals surface area contributed by atoms with Crippen LogP contribution in [0, 0.1) is 0 Å². The highest BCUT2D eigenvalue weighted by Gasteiger charge is 1.93. The molecular weight excluding hydrogens is 477 g/mol. The van der Waals surface area contributed by atoms with Gasteiger partial charge in [0.25, 0.3) is 0 Å². The lowest BCUT2D eigenvalue weighted by atomic mass is 10.4. The van der Waals surface area contributed by atoms with Gasteiger partial charge < -0.3 is 44.0 Å². The van der Waals surface area contributed by atoms with E-state index >= 15 is 0 Å². The zero-order valence-electron chi connectivity index (χ0n) is 13.5. The standard InChI is InChI=1S/2C6H6.3H3O3PS/c2*1-2-4-6-5-3-1;3*1-4(2,3)5/h2*1-6H;3*(H3,1,2,3,5). The molecule has 156 valence electrons. The van der Waals surface area contributed by atoms with E-state index in [-0.39, 0.29) is 0 Å². The molecule has 0 aromatic heterocycles. The average Bonchev–Trinajstić information content (AvgIpc) is 2.46. The molecule has 0 amide bonds. The van der Waals surface area contributed by atoms with E-state index < -0.39 is 20.2 Å². The first-order chi connectivity index (χ1) is 12.0. The quantitative estimate of drug-likeness (QED) is 0.235. The van der Waals surface area contributed by atoms with Crippen molar-refractivity contribution in [2.75, 3.05) is 0 Å². The summed E-state index contributed by atoms with van der Waals surface area (Å²) in [6.45, 7) is -11.4. The molecule has 0 atom stereocenters. The second kappa shape index (κ2) is 18.1. The molecule has 2 aromatic rings. The van der Waals surface area contributed by atoms with E-state index in [9.17, 15) is 0 Å². The molecule has 0 saturated heterocycles. The molecule has 2 aromatic carbocycles. The second-order valence-corrected chi connectivity index (χ2v) is 11.3. The van der Waals surface area contributed by atoms with Crippen LogP contribution in [0.5, 0.6) is 0 Å². The summed E-state index contributed by atoms with van der Waals surface area (Å²) in [5, 5.41) is 0. The molecule has 0 radical (unpaired) electrons. The van der Waals surface area contributed by atoms with E-state index in [0.717, 1.165) is 0 Å². The summed E-state index contributed by atoms with van der Waals surface area (Å²) in [6, 6.07) is 24.0. The predicted molar refractivity (Wildman–Crippen MR) is 116 cm³/mol. The first-order valence-electron chi connectivity index (χ1n) is 6.35. The van der Waals surface area contributed by atoms with E-state index in [2.05, 4.69) is 35.4 Å². The monoisotopic (exact) mass is 498 g/mol. The van der Waals surface area contributed by atoms with Gasteiger partial charge in [0, 0.05) is 0 Å². The van der Waals surface area contributed by atoms with Crippen molar-refractivity contribution in [2.24, 2.45) is 0 Å². The van der Waals surface area contributed by atoms with Crippen LogP contribution in [0.1, 0.15) is 0 Å². The molecule has 2 rings (SSSR count). The molecule has 0 aliphatic carbocycles. The minimum Gasteiger partial charge on any atom is -0.325 e. The van der Waals surface area contributed by atoms with Crippen LogP contribution in [-0.4, -0.2) is 44.0 Å². The molecule has 0 heterocycles. The van der Waals surface area contributed by atoms with Crippen molar-refractivity contribution in [3.63, 3.8) is 0 Å². The Balaban J connectivity index is -0.000000268. The van der Waals surface area contributed by atoms with Crippen LogP contribution < -0.4 is 0 Å². The Labute approximate surface area is 172 Å². The first-order valence-corrected chi connectivity index (χ1v) is 14.3. The molecule has 0 saturated carbocycles. The summed E-state index contributed by atoms with van der Waals surface area (Å²) in [7, 11) is 0. The van der Waals surface area contributed by atoms with Gasteiger partial charge in [0.15, 0.2) is 0 Å². The van der Waals surface area contributed by atoms with Gasteiger partial charge in [-0.15, -0.1) is 0 Å². The molecule has 0 aliphatic heterocycles. The number of benzene rings is 2. The van der Waals surface area contributed by atoms with Crippen molar-refractivity contribution in [1.29, 1.82) is 0 Å². The summed E-state index contributed by atoms with van der Waals surface area (Å²) < 4.78 is 0. The normalized spacial score (nSPS) is 10.1. The highest BCUT2D eigenvalue weighted by atomic mass is 32.5. The van der Waals surface area contributed by atoms with Gasteiger partial charge in [-0.05, 0) is 35.4 Å². The largest absolute Gasteiger partial charge is 0.325 e. The van der Waals surface area contributed by atoms with Crippen LogP contribution in [-0.2, 0) is 35.4 Å².